The van der Waals surface area contributed by atoms with E-state index in [1.165, 1.54) is 16.4 Å². The number of sulfonamides is 1. The number of hydrogen-bond donors (Lipinski definition) is 4. The maximum Gasteiger partial charge on any atom is 0.251 e. The molecule has 1 atom stereocenters. The van der Waals surface area contributed by atoms with Gasteiger partial charge in [0, 0.05) is 52.4 Å². The number of rotatable bonds is 12. The average Bonchev–Trinajstić information content (AvgIpc) is 3.56. The highest BCUT2D eigenvalue weighted by Crippen LogP contribution is 2.36. The highest BCUT2D eigenvalue weighted by Gasteiger charge is 2.40. The molecule has 0 unspecified atom stereocenters. The van der Waals surface area contributed by atoms with Crippen molar-refractivity contribution in [2.45, 2.75) is 50.7 Å². The van der Waals surface area contributed by atoms with Gasteiger partial charge in [-0.25, -0.2) is 13.4 Å². The predicted octanol–water partition coefficient (Wildman–Crippen LogP) is 5.11. The highest BCUT2D eigenvalue weighted by atomic mass is 35.5. The van der Waals surface area contributed by atoms with Gasteiger partial charge in [-0.15, -0.1) is 0 Å². The number of nitrogens with zero attached hydrogens (tertiary/aromatic N) is 2. The highest BCUT2D eigenvalue weighted by molar-refractivity contribution is 7.89. The predicted molar refractivity (Wildman–Crippen MR) is 186 cm³/mol. The monoisotopic (exact) mass is 710 g/mol. The maximum atomic E-state index is 13.9. The number of ether oxygens (including phenoxy) is 1. The first-order valence-corrected chi connectivity index (χ1v) is 17.6. The van der Waals surface area contributed by atoms with E-state index in [1.807, 2.05) is 32.0 Å². The van der Waals surface area contributed by atoms with Crippen molar-refractivity contribution in [3.8, 4) is 5.75 Å². The Morgan fingerprint density at radius 1 is 1.04 bits per heavy atom. The van der Waals surface area contributed by atoms with Gasteiger partial charge in [-0.1, -0.05) is 47.5 Å². The number of pyridine rings is 1. The minimum absolute atomic E-state index is 0.0687. The van der Waals surface area contributed by atoms with Crippen molar-refractivity contribution in [3.05, 3.63) is 98.7 Å². The molecule has 1 aromatic heterocycles. The van der Waals surface area contributed by atoms with Gasteiger partial charge in [0.05, 0.1) is 5.02 Å². The number of nitrogens with two attached hydrogens (primary N) is 1. The number of benzene rings is 3. The van der Waals surface area contributed by atoms with Gasteiger partial charge in [0.1, 0.15) is 34.6 Å². The molecule has 0 radical (unpaired) electrons. The summed E-state index contributed by atoms with van der Waals surface area (Å²) >= 11 is 13.2. The summed E-state index contributed by atoms with van der Waals surface area (Å²) in [4.78, 5) is 30.0. The zero-order valence-corrected chi connectivity index (χ0v) is 28.8. The van der Waals surface area contributed by atoms with E-state index in [4.69, 9.17) is 39.1 Å². The van der Waals surface area contributed by atoms with Crippen molar-refractivity contribution >= 4 is 61.8 Å². The topological polar surface area (TPSA) is 168 Å². The molecule has 14 heteroatoms. The summed E-state index contributed by atoms with van der Waals surface area (Å²) in [7, 11) is -4.18. The van der Waals surface area contributed by atoms with Crippen LogP contribution in [0.15, 0.2) is 65.6 Å². The van der Waals surface area contributed by atoms with Gasteiger partial charge in [-0.05, 0) is 75.1 Å². The Morgan fingerprint density at radius 2 is 1.75 bits per heavy atom. The van der Waals surface area contributed by atoms with Crippen molar-refractivity contribution in [1.82, 2.24) is 19.9 Å². The number of nitrogens with one attached hydrogen (secondary N) is 3. The summed E-state index contributed by atoms with van der Waals surface area (Å²) in [5.41, 5.74) is 9.26. The van der Waals surface area contributed by atoms with E-state index in [9.17, 15) is 18.0 Å². The zero-order chi connectivity index (χ0) is 34.6. The van der Waals surface area contributed by atoms with E-state index < -0.39 is 22.0 Å². The number of carbonyl (C=O) groups is 2. The Balaban J connectivity index is 1.21. The van der Waals surface area contributed by atoms with Crippen LogP contribution in [0, 0.1) is 19.3 Å². The van der Waals surface area contributed by atoms with E-state index in [1.54, 1.807) is 30.3 Å². The number of amidine groups is 1. The molecule has 5 rings (SSSR count). The van der Waals surface area contributed by atoms with Crippen LogP contribution in [-0.2, 0) is 21.4 Å². The summed E-state index contributed by atoms with van der Waals surface area (Å²) in [6.07, 6.45) is 1.29. The van der Waals surface area contributed by atoms with Crippen LogP contribution in [0.25, 0.3) is 10.9 Å². The van der Waals surface area contributed by atoms with Crippen molar-refractivity contribution in [3.63, 3.8) is 0 Å². The van der Waals surface area contributed by atoms with Gasteiger partial charge in [-0.2, -0.15) is 4.31 Å². The molecule has 2 amide bonds. The second-order valence-electron chi connectivity index (χ2n) is 11.5. The smallest absolute Gasteiger partial charge is 0.251 e. The van der Waals surface area contributed by atoms with Gasteiger partial charge in [0.25, 0.3) is 5.91 Å². The molecule has 4 aromatic rings. The van der Waals surface area contributed by atoms with Crippen molar-refractivity contribution in [1.29, 1.82) is 5.41 Å². The summed E-state index contributed by atoms with van der Waals surface area (Å²) in [6, 6.07) is 15.8. The Kier molecular flexibility index (Phi) is 10.9. The lowest BCUT2D eigenvalue weighted by molar-refractivity contribution is -0.124. The third-order valence-corrected chi connectivity index (χ3v) is 11.0. The quantitative estimate of drug-likeness (QED) is 0.0900. The Bertz CT molecular complexity index is 1990. The Hall–Kier alpha value is -4.23. The largest absolute Gasteiger partial charge is 0.487 e. The fourth-order valence-corrected chi connectivity index (χ4v) is 8.19. The van der Waals surface area contributed by atoms with Crippen LogP contribution < -0.4 is 21.1 Å². The van der Waals surface area contributed by atoms with Crippen LogP contribution >= 0.6 is 23.2 Å². The molecule has 1 aliphatic rings. The van der Waals surface area contributed by atoms with Crippen molar-refractivity contribution in [2.24, 2.45) is 5.73 Å². The number of aryl methyl sites for hydroxylation is 2. The summed E-state index contributed by atoms with van der Waals surface area (Å²) in [5.74, 6) is -0.297. The molecule has 3 aromatic carbocycles. The van der Waals surface area contributed by atoms with Gasteiger partial charge in [-0.3, -0.25) is 15.0 Å². The maximum absolute atomic E-state index is 13.9. The molecule has 48 heavy (non-hydrogen) atoms. The molecule has 0 saturated carbocycles. The first-order valence-electron chi connectivity index (χ1n) is 15.4. The summed E-state index contributed by atoms with van der Waals surface area (Å²) < 4.78 is 35.1. The molecular formula is C34H36Cl2N6O5S. The summed E-state index contributed by atoms with van der Waals surface area (Å²) in [5, 5.41) is 14.1. The van der Waals surface area contributed by atoms with Crippen LogP contribution in [0.1, 0.15) is 52.0 Å². The van der Waals surface area contributed by atoms with Crippen LogP contribution in [-0.4, -0.2) is 61.0 Å². The van der Waals surface area contributed by atoms with Gasteiger partial charge in [0.15, 0.2) is 0 Å². The number of halogens is 2. The van der Waals surface area contributed by atoms with E-state index in [-0.39, 0.29) is 46.4 Å². The second-order valence-corrected chi connectivity index (χ2v) is 14.2. The fourth-order valence-electron chi connectivity index (χ4n) is 5.67. The molecule has 1 saturated heterocycles. The zero-order valence-electron chi connectivity index (χ0n) is 26.5. The lowest BCUT2D eigenvalue weighted by atomic mass is 10.1. The molecule has 0 aliphatic carbocycles. The van der Waals surface area contributed by atoms with Gasteiger partial charge in [0.2, 0.25) is 15.9 Å². The Morgan fingerprint density at radius 3 is 2.48 bits per heavy atom. The lowest BCUT2D eigenvalue weighted by Gasteiger charge is -2.24. The van der Waals surface area contributed by atoms with E-state index in [0.717, 1.165) is 16.6 Å². The van der Waals surface area contributed by atoms with Crippen LogP contribution in [0.3, 0.4) is 0 Å². The van der Waals surface area contributed by atoms with Crippen molar-refractivity contribution in [2.75, 3.05) is 19.6 Å². The standard InChI is InChI=1S/C34H36Cl2N6O5S/c1-20-18-21(2)41-31-24(20)6-3-8-28(31)47-19-25-26(35)13-14-29(30(25)36)48(45,46)42-17-4-7-27(42)34(44)40-16-5-15-39-33(43)23-11-9-22(10-12-23)32(37)38/h3,6,8-14,18,27H,4-5,7,15-17,19H2,1-2H3,(H3,37,38)(H,39,43)(H,40,44)/t27-/m0/s1. The molecule has 1 aliphatic heterocycles. The number of aromatic nitrogens is 1. The average molecular weight is 712 g/mol. The minimum Gasteiger partial charge on any atom is -0.487 e. The molecule has 0 spiro atoms. The first kappa shape index (κ1) is 35.1. The number of amides is 2. The van der Waals surface area contributed by atoms with Crippen molar-refractivity contribution < 1.29 is 22.7 Å². The number of fused-ring (bicyclic) bond motifs is 1. The fraction of sp³-hybridized carbons (Fsp3) is 0.294. The van der Waals surface area contributed by atoms with E-state index >= 15 is 0 Å². The van der Waals surface area contributed by atoms with Crippen LogP contribution in [0.2, 0.25) is 10.0 Å². The second kappa shape index (κ2) is 14.9. The molecular weight excluding hydrogens is 675 g/mol. The number of para-hydroxylation sites is 1. The van der Waals surface area contributed by atoms with Gasteiger partial charge >= 0.3 is 0 Å². The third-order valence-electron chi connectivity index (χ3n) is 8.15. The molecule has 11 nitrogen and oxygen atoms in total. The third kappa shape index (κ3) is 7.57. The minimum atomic E-state index is -4.18. The van der Waals surface area contributed by atoms with Crippen LogP contribution in [0.4, 0.5) is 0 Å². The molecule has 5 N–H and O–H groups in total. The van der Waals surface area contributed by atoms with Gasteiger partial charge < -0.3 is 21.1 Å². The Labute approximate surface area is 289 Å². The van der Waals surface area contributed by atoms with E-state index in [2.05, 4.69) is 15.6 Å². The van der Waals surface area contributed by atoms with E-state index in [0.29, 0.717) is 53.8 Å². The molecule has 2 heterocycles. The normalized spacial score (nSPS) is 15.0. The molecule has 1 fully saturated rings. The first-order chi connectivity index (χ1) is 22.9. The SMILES string of the molecule is Cc1cc(C)c2cccc(OCc3c(Cl)ccc(S(=O)(=O)N4CCC[C@H]4C(=O)NCCCNC(=O)c4ccc(C(=N)N)cc4)c3Cl)c2n1. The number of nitrogen functional groups attached to an aromatic ring is 1. The number of hydrogen-bond acceptors (Lipinski definition) is 7. The molecule has 252 valence electrons. The van der Waals surface area contributed by atoms with Crippen LogP contribution in [0.5, 0.6) is 5.75 Å². The number of carbonyl (C=O) groups excluding carboxylic acids is 2. The summed E-state index contributed by atoms with van der Waals surface area (Å²) in [6.45, 7) is 4.48. The molecule has 0 bridgehead atoms. The lowest BCUT2D eigenvalue weighted by Crippen LogP contribution is -2.46.